The number of carbonyl (C=O) groups is 2. The van der Waals surface area contributed by atoms with Crippen molar-refractivity contribution < 1.29 is 19.4 Å². The van der Waals surface area contributed by atoms with Crippen LogP contribution in [-0.2, 0) is 4.79 Å². The van der Waals surface area contributed by atoms with Crippen molar-refractivity contribution in [3.8, 4) is 5.75 Å². The number of benzene rings is 2. The second-order valence-corrected chi connectivity index (χ2v) is 6.94. The van der Waals surface area contributed by atoms with Gasteiger partial charge in [-0.1, -0.05) is 18.2 Å². The number of carboxylic acids is 1. The Bertz CT molecular complexity index is 1140. The van der Waals surface area contributed by atoms with E-state index >= 15 is 0 Å². The van der Waals surface area contributed by atoms with Crippen LogP contribution in [-0.4, -0.2) is 47.7 Å². The number of aromatic nitrogens is 2. The lowest BCUT2D eigenvalue weighted by atomic mass is 10.2. The molecule has 31 heavy (non-hydrogen) atoms. The highest BCUT2D eigenvalue weighted by Gasteiger charge is 2.27. The number of aromatic carboxylic acids is 1. The molecule has 3 aromatic rings. The average Bonchev–Trinajstić information content (AvgIpc) is 2.91. The predicted octanol–water partition coefficient (Wildman–Crippen LogP) is 3.43. The van der Waals surface area contributed by atoms with Crippen molar-refractivity contribution in [2.24, 2.45) is 0 Å². The van der Waals surface area contributed by atoms with Gasteiger partial charge in [-0.25, -0.2) is 9.78 Å². The van der Waals surface area contributed by atoms with E-state index in [0.717, 1.165) is 5.69 Å². The van der Waals surface area contributed by atoms with E-state index in [-0.39, 0.29) is 11.5 Å². The Labute approximate surface area is 178 Å². The number of ether oxygens (including phenoxy) is 1. The molecule has 0 saturated heterocycles. The lowest BCUT2D eigenvalue weighted by Crippen LogP contribution is -2.25. The van der Waals surface area contributed by atoms with Crippen molar-refractivity contribution in [1.82, 2.24) is 9.97 Å². The standard InChI is InChI=1S/C22H21N5O4/c1-26-17-13-23-22(24-16-9-8-14(21(29)30)12-18(16)31-2)25-20(17)27(11-10-19(26)28)15-6-4-3-5-7-15/h3-9,12-13H,10-11H2,1-2H3,(H,29,30)(H,23,24,25). The van der Waals surface area contributed by atoms with E-state index in [0.29, 0.717) is 41.9 Å². The minimum atomic E-state index is -1.04. The molecule has 1 aliphatic rings. The van der Waals surface area contributed by atoms with E-state index < -0.39 is 5.97 Å². The van der Waals surface area contributed by atoms with Gasteiger partial charge in [0.1, 0.15) is 11.4 Å². The highest BCUT2D eigenvalue weighted by molar-refractivity contribution is 5.98. The number of nitrogens with zero attached hydrogens (tertiary/aromatic N) is 4. The SMILES string of the molecule is COc1cc(C(=O)O)ccc1Nc1ncc2c(n1)N(c1ccccc1)CCC(=O)N2C. The third kappa shape index (κ3) is 3.97. The monoisotopic (exact) mass is 419 g/mol. The van der Waals surface area contributed by atoms with Crippen molar-refractivity contribution in [3.63, 3.8) is 0 Å². The van der Waals surface area contributed by atoms with Crippen LogP contribution in [0.15, 0.2) is 54.7 Å². The summed E-state index contributed by atoms with van der Waals surface area (Å²) in [5.41, 5.74) is 2.15. The van der Waals surface area contributed by atoms with Crippen LogP contribution in [0.2, 0.25) is 0 Å². The minimum absolute atomic E-state index is 0.0186. The highest BCUT2D eigenvalue weighted by Crippen LogP contribution is 2.36. The van der Waals surface area contributed by atoms with E-state index in [1.807, 2.05) is 35.2 Å². The summed E-state index contributed by atoms with van der Waals surface area (Å²) in [4.78, 5) is 36.3. The summed E-state index contributed by atoms with van der Waals surface area (Å²) in [5, 5.41) is 12.3. The second kappa shape index (κ2) is 8.31. The Kier molecular flexibility index (Phi) is 5.40. The molecule has 158 valence electrons. The van der Waals surface area contributed by atoms with Gasteiger partial charge in [0.05, 0.1) is 24.6 Å². The first-order valence-electron chi connectivity index (χ1n) is 9.62. The van der Waals surface area contributed by atoms with Crippen LogP contribution in [0, 0.1) is 0 Å². The second-order valence-electron chi connectivity index (χ2n) is 6.94. The molecule has 9 nitrogen and oxygen atoms in total. The fraction of sp³-hybridized carbons (Fsp3) is 0.182. The first-order chi connectivity index (χ1) is 15.0. The van der Waals surface area contributed by atoms with Crippen molar-refractivity contribution >= 4 is 40.7 Å². The fourth-order valence-corrected chi connectivity index (χ4v) is 3.38. The zero-order valence-corrected chi connectivity index (χ0v) is 17.1. The molecule has 1 aromatic heterocycles. The normalized spacial score (nSPS) is 13.4. The molecule has 9 heteroatoms. The quantitative estimate of drug-likeness (QED) is 0.648. The zero-order valence-electron chi connectivity index (χ0n) is 17.1. The Morgan fingerprint density at radius 3 is 2.68 bits per heavy atom. The first kappa shape index (κ1) is 20.1. The number of carboxylic acid groups (broad SMARTS) is 1. The van der Waals surface area contributed by atoms with E-state index in [1.165, 1.54) is 19.2 Å². The molecule has 4 rings (SSSR count). The molecule has 0 fully saturated rings. The molecule has 0 atom stereocenters. The highest BCUT2D eigenvalue weighted by atomic mass is 16.5. The molecule has 1 aliphatic heterocycles. The van der Waals surface area contributed by atoms with Crippen LogP contribution in [0.5, 0.6) is 5.75 Å². The van der Waals surface area contributed by atoms with Gasteiger partial charge in [-0.05, 0) is 30.3 Å². The number of methoxy groups -OCH3 is 1. The summed E-state index contributed by atoms with van der Waals surface area (Å²) in [6, 6.07) is 14.2. The number of anilines is 5. The number of hydrogen-bond donors (Lipinski definition) is 2. The van der Waals surface area contributed by atoms with Gasteiger partial charge in [-0.2, -0.15) is 4.98 Å². The van der Waals surface area contributed by atoms with Gasteiger partial charge < -0.3 is 25.0 Å². The lowest BCUT2D eigenvalue weighted by molar-refractivity contribution is -0.118. The molecule has 0 aliphatic carbocycles. The van der Waals surface area contributed by atoms with Crippen LogP contribution in [0.1, 0.15) is 16.8 Å². The Morgan fingerprint density at radius 1 is 1.19 bits per heavy atom. The average molecular weight is 419 g/mol. The zero-order chi connectivity index (χ0) is 22.0. The van der Waals surface area contributed by atoms with E-state index in [1.54, 1.807) is 24.2 Å². The first-order valence-corrected chi connectivity index (χ1v) is 9.62. The van der Waals surface area contributed by atoms with Crippen molar-refractivity contribution in [1.29, 1.82) is 0 Å². The number of rotatable bonds is 5. The third-order valence-electron chi connectivity index (χ3n) is 5.05. The smallest absolute Gasteiger partial charge is 0.335 e. The number of para-hydroxylation sites is 1. The summed E-state index contributed by atoms with van der Waals surface area (Å²) >= 11 is 0. The van der Waals surface area contributed by atoms with Gasteiger partial charge in [0.2, 0.25) is 11.9 Å². The largest absolute Gasteiger partial charge is 0.495 e. The molecule has 0 unspecified atom stereocenters. The van der Waals surface area contributed by atoms with Gasteiger partial charge >= 0.3 is 5.97 Å². The maximum Gasteiger partial charge on any atom is 0.335 e. The Hall–Kier alpha value is -4.14. The molecule has 0 spiro atoms. The van der Waals surface area contributed by atoms with Gasteiger partial charge in [0.25, 0.3) is 0 Å². The van der Waals surface area contributed by atoms with Gasteiger partial charge in [-0.3, -0.25) is 4.79 Å². The van der Waals surface area contributed by atoms with E-state index in [2.05, 4.69) is 15.3 Å². The van der Waals surface area contributed by atoms with Crippen molar-refractivity contribution in [2.75, 3.05) is 35.8 Å². The molecule has 2 aromatic carbocycles. The van der Waals surface area contributed by atoms with Crippen molar-refractivity contribution in [2.45, 2.75) is 6.42 Å². The molecule has 0 bridgehead atoms. The maximum absolute atomic E-state index is 12.5. The van der Waals surface area contributed by atoms with E-state index in [9.17, 15) is 14.7 Å². The minimum Gasteiger partial charge on any atom is -0.495 e. The molecule has 0 saturated carbocycles. The molecule has 2 N–H and O–H groups in total. The molecular weight excluding hydrogens is 398 g/mol. The number of carbonyl (C=O) groups excluding carboxylic acids is 1. The van der Waals surface area contributed by atoms with Gasteiger partial charge in [0, 0.05) is 25.7 Å². The summed E-state index contributed by atoms with van der Waals surface area (Å²) in [7, 11) is 3.17. The summed E-state index contributed by atoms with van der Waals surface area (Å²) < 4.78 is 5.32. The van der Waals surface area contributed by atoms with Crippen LogP contribution < -0.4 is 19.9 Å². The molecule has 2 heterocycles. The maximum atomic E-state index is 12.5. The molecule has 0 radical (unpaired) electrons. The van der Waals surface area contributed by atoms with Crippen LogP contribution >= 0.6 is 0 Å². The summed E-state index contributed by atoms with van der Waals surface area (Å²) in [6.07, 6.45) is 1.94. The van der Waals surface area contributed by atoms with Gasteiger partial charge in [0.15, 0.2) is 5.82 Å². The number of nitrogens with one attached hydrogen (secondary N) is 1. The predicted molar refractivity (Wildman–Crippen MR) is 117 cm³/mol. The van der Waals surface area contributed by atoms with Crippen LogP contribution in [0.4, 0.5) is 28.8 Å². The van der Waals surface area contributed by atoms with Gasteiger partial charge in [-0.15, -0.1) is 0 Å². The molecule has 1 amide bonds. The molecular formula is C22H21N5O4. The summed E-state index contributed by atoms with van der Waals surface area (Å²) in [6.45, 7) is 0.479. The van der Waals surface area contributed by atoms with Crippen molar-refractivity contribution in [3.05, 3.63) is 60.3 Å². The number of hydrogen-bond acceptors (Lipinski definition) is 7. The van der Waals surface area contributed by atoms with E-state index in [4.69, 9.17) is 4.74 Å². The summed E-state index contributed by atoms with van der Waals surface area (Å²) in [5.74, 6) is 0.180. The fourth-order valence-electron chi connectivity index (χ4n) is 3.38. The Morgan fingerprint density at radius 2 is 1.97 bits per heavy atom. The lowest BCUT2D eigenvalue weighted by Gasteiger charge is -2.24. The van der Waals surface area contributed by atoms with Crippen LogP contribution in [0.25, 0.3) is 0 Å². The third-order valence-corrected chi connectivity index (χ3v) is 5.05. The number of amides is 1. The topological polar surface area (TPSA) is 108 Å². The Balaban J connectivity index is 1.75. The number of fused-ring (bicyclic) bond motifs is 1. The van der Waals surface area contributed by atoms with Crippen LogP contribution in [0.3, 0.4) is 0 Å².